The summed E-state index contributed by atoms with van der Waals surface area (Å²) in [5.41, 5.74) is 1.71. The Morgan fingerprint density at radius 3 is 2.61 bits per heavy atom. The average molecular weight is 288 g/mol. The van der Waals surface area contributed by atoms with Gasteiger partial charge in [-0.05, 0) is 25.1 Å². The number of rotatable bonds is 6. The normalized spacial score (nSPS) is 10.2. The highest BCUT2D eigenvalue weighted by Gasteiger charge is 2.12. The Labute approximate surface area is 117 Å². The zero-order valence-corrected chi connectivity index (χ0v) is 11.6. The number of aliphatic carboxylic acids is 1. The Kier molecular flexibility index (Phi) is 5.51. The third-order valence-corrected chi connectivity index (χ3v) is 2.84. The van der Waals surface area contributed by atoms with Crippen LogP contribution in [0.3, 0.4) is 0 Å². The smallest absolute Gasteiger partial charge is 0.305 e. The van der Waals surface area contributed by atoms with E-state index in [2.05, 4.69) is 6.58 Å². The third-order valence-electron chi connectivity index (χ3n) is 2.31. The molecular formula is C13H15Cl2NO2. The van der Waals surface area contributed by atoms with Gasteiger partial charge in [-0.3, -0.25) is 4.79 Å². The first kappa shape index (κ1) is 14.9. The van der Waals surface area contributed by atoms with Crippen LogP contribution in [-0.4, -0.2) is 24.2 Å². The predicted octanol–water partition coefficient (Wildman–Crippen LogP) is 3.85. The topological polar surface area (TPSA) is 40.5 Å². The van der Waals surface area contributed by atoms with E-state index in [1.54, 1.807) is 18.2 Å². The lowest BCUT2D eigenvalue weighted by atomic mass is 10.2. The molecule has 0 atom stereocenters. The molecule has 0 saturated heterocycles. The molecule has 0 unspecified atom stereocenters. The van der Waals surface area contributed by atoms with E-state index in [9.17, 15) is 4.79 Å². The SMILES string of the molecule is C=C(C)CN(CCC(=O)O)c1ccc(Cl)cc1Cl. The second-order valence-corrected chi connectivity index (χ2v) is 4.96. The van der Waals surface area contributed by atoms with Crippen molar-refractivity contribution >= 4 is 34.9 Å². The Balaban J connectivity index is 2.93. The molecule has 0 amide bonds. The van der Waals surface area contributed by atoms with Gasteiger partial charge in [0.15, 0.2) is 0 Å². The number of carbonyl (C=O) groups is 1. The minimum Gasteiger partial charge on any atom is -0.481 e. The Morgan fingerprint density at radius 2 is 2.11 bits per heavy atom. The summed E-state index contributed by atoms with van der Waals surface area (Å²) in [6.07, 6.45) is 0.0479. The molecule has 0 saturated carbocycles. The second kappa shape index (κ2) is 6.66. The molecule has 98 valence electrons. The van der Waals surface area contributed by atoms with Crippen LogP contribution in [0.2, 0.25) is 10.0 Å². The number of hydrogen-bond acceptors (Lipinski definition) is 2. The van der Waals surface area contributed by atoms with Gasteiger partial charge in [-0.2, -0.15) is 0 Å². The fourth-order valence-corrected chi connectivity index (χ4v) is 2.11. The van der Waals surface area contributed by atoms with Crippen LogP contribution < -0.4 is 4.90 Å². The Bertz CT molecular complexity index is 460. The van der Waals surface area contributed by atoms with Crippen LogP contribution in [0, 0.1) is 0 Å². The van der Waals surface area contributed by atoms with Gasteiger partial charge in [-0.1, -0.05) is 35.4 Å². The minimum absolute atomic E-state index is 0.0479. The highest BCUT2D eigenvalue weighted by atomic mass is 35.5. The minimum atomic E-state index is -0.841. The first-order chi connectivity index (χ1) is 8.40. The number of carboxylic acids is 1. The summed E-state index contributed by atoms with van der Waals surface area (Å²) in [5, 5.41) is 9.82. The molecule has 18 heavy (non-hydrogen) atoms. The number of nitrogens with zero attached hydrogens (tertiary/aromatic N) is 1. The molecule has 0 spiro atoms. The molecule has 1 N–H and O–H groups in total. The maximum Gasteiger partial charge on any atom is 0.305 e. The standard InChI is InChI=1S/C13H15Cl2NO2/c1-9(2)8-16(6-5-13(17)18)12-4-3-10(14)7-11(12)15/h3-4,7H,1,5-6,8H2,2H3,(H,17,18). The predicted molar refractivity (Wildman–Crippen MR) is 75.7 cm³/mol. The summed E-state index contributed by atoms with van der Waals surface area (Å²) in [4.78, 5) is 12.5. The second-order valence-electron chi connectivity index (χ2n) is 4.12. The van der Waals surface area contributed by atoms with E-state index in [-0.39, 0.29) is 6.42 Å². The molecule has 0 aromatic heterocycles. The summed E-state index contributed by atoms with van der Waals surface area (Å²) in [5.74, 6) is -0.841. The van der Waals surface area contributed by atoms with Crippen molar-refractivity contribution in [2.45, 2.75) is 13.3 Å². The lowest BCUT2D eigenvalue weighted by molar-refractivity contribution is -0.136. The summed E-state index contributed by atoms with van der Waals surface area (Å²) >= 11 is 12.0. The zero-order valence-electron chi connectivity index (χ0n) is 10.1. The average Bonchev–Trinajstić information content (AvgIpc) is 2.24. The summed E-state index contributed by atoms with van der Waals surface area (Å²) in [6, 6.07) is 5.16. The third kappa shape index (κ3) is 4.59. The van der Waals surface area contributed by atoms with Crippen molar-refractivity contribution in [1.82, 2.24) is 0 Å². The van der Waals surface area contributed by atoms with Gasteiger partial charge in [0.25, 0.3) is 0 Å². The van der Waals surface area contributed by atoms with Crippen molar-refractivity contribution in [3.63, 3.8) is 0 Å². The number of halogens is 2. The molecular weight excluding hydrogens is 273 g/mol. The van der Waals surface area contributed by atoms with E-state index in [1.807, 2.05) is 11.8 Å². The fraction of sp³-hybridized carbons (Fsp3) is 0.308. The number of benzene rings is 1. The molecule has 0 aliphatic carbocycles. The molecule has 0 heterocycles. The summed E-state index contributed by atoms with van der Waals surface area (Å²) in [6.45, 7) is 6.67. The fourth-order valence-electron chi connectivity index (χ4n) is 1.58. The quantitative estimate of drug-likeness (QED) is 0.808. The van der Waals surface area contributed by atoms with E-state index >= 15 is 0 Å². The largest absolute Gasteiger partial charge is 0.481 e. The molecule has 0 aliphatic heterocycles. The maximum absolute atomic E-state index is 10.7. The van der Waals surface area contributed by atoms with Gasteiger partial charge in [-0.15, -0.1) is 0 Å². The Morgan fingerprint density at radius 1 is 1.44 bits per heavy atom. The molecule has 0 fully saturated rings. The van der Waals surface area contributed by atoms with Gasteiger partial charge in [0.1, 0.15) is 0 Å². The van der Waals surface area contributed by atoms with Crippen molar-refractivity contribution in [2.75, 3.05) is 18.0 Å². The van der Waals surface area contributed by atoms with E-state index in [1.165, 1.54) is 0 Å². The van der Waals surface area contributed by atoms with Gasteiger partial charge >= 0.3 is 5.97 Å². The first-order valence-electron chi connectivity index (χ1n) is 5.46. The molecule has 0 aliphatic rings. The van der Waals surface area contributed by atoms with Crippen LogP contribution in [0.15, 0.2) is 30.4 Å². The molecule has 3 nitrogen and oxygen atoms in total. The monoisotopic (exact) mass is 287 g/mol. The molecule has 0 radical (unpaired) electrons. The van der Waals surface area contributed by atoms with Crippen LogP contribution in [0.5, 0.6) is 0 Å². The lowest BCUT2D eigenvalue weighted by Crippen LogP contribution is -2.28. The van der Waals surface area contributed by atoms with Crippen LogP contribution in [-0.2, 0) is 4.79 Å². The molecule has 1 aromatic rings. The zero-order chi connectivity index (χ0) is 13.7. The van der Waals surface area contributed by atoms with Crippen LogP contribution >= 0.6 is 23.2 Å². The van der Waals surface area contributed by atoms with Gasteiger partial charge < -0.3 is 10.0 Å². The van der Waals surface area contributed by atoms with Gasteiger partial charge in [0, 0.05) is 18.1 Å². The van der Waals surface area contributed by atoms with Crippen molar-refractivity contribution in [3.8, 4) is 0 Å². The molecule has 1 rings (SSSR count). The van der Waals surface area contributed by atoms with Crippen molar-refractivity contribution in [1.29, 1.82) is 0 Å². The van der Waals surface area contributed by atoms with E-state index in [0.717, 1.165) is 11.3 Å². The van der Waals surface area contributed by atoms with Crippen molar-refractivity contribution < 1.29 is 9.90 Å². The van der Waals surface area contributed by atoms with Crippen LogP contribution in [0.25, 0.3) is 0 Å². The van der Waals surface area contributed by atoms with Gasteiger partial charge in [-0.25, -0.2) is 0 Å². The highest BCUT2D eigenvalue weighted by Crippen LogP contribution is 2.29. The molecule has 0 bridgehead atoms. The summed E-state index contributed by atoms with van der Waals surface area (Å²) in [7, 11) is 0. The van der Waals surface area contributed by atoms with Crippen LogP contribution in [0.4, 0.5) is 5.69 Å². The van der Waals surface area contributed by atoms with Crippen molar-refractivity contribution in [2.24, 2.45) is 0 Å². The molecule has 1 aromatic carbocycles. The van der Waals surface area contributed by atoms with Gasteiger partial charge in [0.2, 0.25) is 0 Å². The highest BCUT2D eigenvalue weighted by molar-refractivity contribution is 6.36. The van der Waals surface area contributed by atoms with E-state index in [4.69, 9.17) is 28.3 Å². The van der Waals surface area contributed by atoms with E-state index < -0.39 is 5.97 Å². The van der Waals surface area contributed by atoms with E-state index in [0.29, 0.717) is 23.1 Å². The maximum atomic E-state index is 10.7. The Hall–Kier alpha value is -1.19. The van der Waals surface area contributed by atoms with Crippen molar-refractivity contribution in [3.05, 3.63) is 40.4 Å². The lowest BCUT2D eigenvalue weighted by Gasteiger charge is -2.25. The van der Waals surface area contributed by atoms with Crippen LogP contribution in [0.1, 0.15) is 13.3 Å². The molecule has 5 heteroatoms. The van der Waals surface area contributed by atoms with Gasteiger partial charge in [0.05, 0.1) is 17.1 Å². The first-order valence-corrected chi connectivity index (χ1v) is 6.22. The number of carboxylic acid groups (broad SMARTS) is 1. The summed E-state index contributed by atoms with van der Waals surface area (Å²) < 4.78 is 0. The number of hydrogen-bond donors (Lipinski definition) is 1. The number of anilines is 1.